The molecule has 0 bridgehead atoms. The van der Waals surface area contributed by atoms with Crippen LogP contribution in [0.25, 0.3) is 0 Å². The first-order valence-corrected chi connectivity index (χ1v) is 6.06. The van der Waals surface area contributed by atoms with Crippen molar-refractivity contribution in [2.75, 3.05) is 0 Å². The SMILES string of the molecule is CCC(C)OC(=O)C[C@H](N)C(=O)OC(C)CC. The second kappa shape index (κ2) is 8.06. The quantitative estimate of drug-likeness (QED) is 0.686. The summed E-state index contributed by atoms with van der Waals surface area (Å²) >= 11 is 0. The van der Waals surface area contributed by atoms with Gasteiger partial charge in [0.15, 0.2) is 0 Å². The Morgan fingerprint density at radius 3 is 2.00 bits per heavy atom. The molecule has 0 aromatic carbocycles. The summed E-state index contributed by atoms with van der Waals surface area (Å²) in [4.78, 5) is 22.8. The Morgan fingerprint density at radius 1 is 1.06 bits per heavy atom. The predicted octanol–water partition coefficient (Wildman–Crippen LogP) is 1.39. The predicted molar refractivity (Wildman–Crippen MR) is 64.3 cm³/mol. The van der Waals surface area contributed by atoms with Crippen molar-refractivity contribution in [1.82, 2.24) is 0 Å². The van der Waals surface area contributed by atoms with Gasteiger partial charge in [-0.1, -0.05) is 13.8 Å². The lowest BCUT2D eigenvalue weighted by atomic mass is 10.2. The van der Waals surface area contributed by atoms with Crippen LogP contribution in [0.2, 0.25) is 0 Å². The Hall–Kier alpha value is -1.10. The summed E-state index contributed by atoms with van der Waals surface area (Å²) < 4.78 is 10.0. The molecule has 0 aromatic rings. The average Bonchev–Trinajstić information content (AvgIpc) is 2.28. The van der Waals surface area contributed by atoms with Crippen molar-refractivity contribution in [2.45, 2.75) is 65.2 Å². The van der Waals surface area contributed by atoms with Gasteiger partial charge in [0, 0.05) is 0 Å². The monoisotopic (exact) mass is 245 g/mol. The van der Waals surface area contributed by atoms with Crippen molar-refractivity contribution in [3.63, 3.8) is 0 Å². The van der Waals surface area contributed by atoms with E-state index in [9.17, 15) is 9.59 Å². The van der Waals surface area contributed by atoms with Crippen LogP contribution < -0.4 is 5.73 Å². The van der Waals surface area contributed by atoms with Gasteiger partial charge in [0.25, 0.3) is 0 Å². The van der Waals surface area contributed by atoms with Crippen LogP contribution in [0, 0.1) is 0 Å². The maximum Gasteiger partial charge on any atom is 0.323 e. The summed E-state index contributed by atoms with van der Waals surface area (Å²) in [6.07, 6.45) is 0.979. The van der Waals surface area contributed by atoms with Crippen LogP contribution in [-0.2, 0) is 19.1 Å². The molecule has 5 heteroatoms. The van der Waals surface area contributed by atoms with Gasteiger partial charge in [0.05, 0.1) is 18.6 Å². The first-order valence-electron chi connectivity index (χ1n) is 6.06. The summed E-state index contributed by atoms with van der Waals surface area (Å²) in [5.74, 6) is -1.02. The standard InChI is InChI=1S/C12H23NO4/c1-5-8(3)16-11(14)7-10(13)12(15)17-9(4)6-2/h8-10H,5-7,13H2,1-4H3/t8?,9?,10-/m0/s1. The Bertz CT molecular complexity index is 255. The van der Waals surface area contributed by atoms with E-state index in [1.54, 1.807) is 13.8 Å². The van der Waals surface area contributed by atoms with Gasteiger partial charge in [-0.05, 0) is 26.7 Å². The molecule has 0 spiro atoms. The van der Waals surface area contributed by atoms with Crippen LogP contribution in [0.4, 0.5) is 0 Å². The van der Waals surface area contributed by atoms with Crippen LogP contribution in [0.1, 0.15) is 47.0 Å². The summed E-state index contributed by atoms with van der Waals surface area (Å²) in [6.45, 7) is 7.39. The van der Waals surface area contributed by atoms with E-state index in [1.165, 1.54) is 0 Å². The molecule has 0 heterocycles. The lowest BCUT2D eigenvalue weighted by molar-refractivity contribution is -0.156. The normalized spacial score (nSPS) is 15.8. The summed E-state index contributed by atoms with van der Waals surface area (Å²) in [5.41, 5.74) is 5.56. The number of ether oxygens (including phenoxy) is 2. The molecule has 0 aromatic heterocycles. The second-order valence-corrected chi connectivity index (χ2v) is 4.18. The van der Waals surface area contributed by atoms with Crippen molar-refractivity contribution in [2.24, 2.45) is 5.73 Å². The molecular formula is C12H23NO4. The molecule has 0 aliphatic carbocycles. The highest BCUT2D eigenvalue weighted by Gasteiger charge is 2.22. The minimum absolute atomic E-state index is 0.139. The van der Waals surface area contributed by atoms with Gasteiger partial charge >= 0.3 is 11.9 Å². The minimum Gasteiger partial charge on any atom is -0.463 e. The van der Waals surface area contributed by atoms with Gasteiger partial charge in [-0.15, -0.1) is 0 Å². The summed E-state index contributed by atoms with van der Waals surface area (Å²) in [7, 11) is 0. The fourth-order valence-electron chi connectivity index (χ4n) is 0.988. The molecule has 2 unspecified atom stereocenters. The molecule has 0 amide bonds. The van der Waals surface area contributed by atoms with Crippen molar-refractivity contribution in [1.29, 1.82) is 0 Å². The highest BCUT2D eigenvalue weighted by atomic mass is 16.6. The van der Waals surface area contributed by atoms with E-state index in [1.807, 2.05) is 13.8 Å². The van der Waals surface area contributed by atoms with Gasteiger partial charge in [-0.2, -0.15) is 0 Å². The van der Waals surface area contributed by atoms with Crippen molar-refractivity contribution >= 4 is 11.9 Å². The minimum atomic E-state index is -0.944. The number of hydrogen-bond donors (Lipinski definition) is 1. The van der Waals surface area contributed by atoms with E-state index >= 15 is 0 Å². The number of nitrogens with two attached hydrogens (primary N) is 1. The van der Waals surface area contributed by atoms with E-state index in [0.717, 1.165) is 12.8 Å². The Kier molecular flexibility index (Phi) is 7.54. The van der Waals surface area contributed by atoms with Crippen LogP contribution in [0.3, 0.4) is 0 Å². The molecular weight excluding hydrogens is 222 g/mol. The highest BCUT2D eigenvalue weighted by molar-refractivity contribution is 5.82. The van der Waals surface area contributed by atoms with Gasteiger partial charge < -0.3 is 15.2 Å². The third-order valence-electron chi connectivity index (χ3n) is 2.49. The Balaban J connectivity index is 4.03. The summed E-state index contributed by atoms with van der Waals surface area (Å²) in [5, 5.41) is 0. The second-order valence-electron chi connectivity index (χ2n) is 4.18. The Labute approximate surface area is 103 Å². The third-order valence-corrected chi connectivity index (χ3v) is 2.49. The number of esters is 2. The van der Waals surface area contributed by atoms with E-state index in [-0.39, 0.29) is 18.6 Å². The van der Waals surface area contributed by atoms with E-state index in [4.69, 9.17) is 15.2 Å². The molecule has 0 fully saturated rings. The molecule has 0 aliphatic heterocycles. The number of rotatable bonds is 7. The summed E-state index contributed by atoms with van der Waals surface area (Å²) in [6, 6.07) is -0.944. The largest absolute Gasteiger partial charge is 0.463 e. The van der Waals surface area contributed by atoms with Crippen LogP contribution in [0.15, 0.2) is 0 Å². The lowest BCUT2D eigenvalue weighted by Gasteiger charge is -2.16. The zero-order chi connectivity index (χ0) is 13.4. The molecule has 0 aliphatic rings. The first-order chi connectivity index (χ1) is 7.90. The smallest absolute Gasteiger partial charge is 0.323 e. The molecule has 0 saturated carbocycles. The van der Waals surface area contributed by atoms with Crippen molar-refractivity contribution < 1.29 is 19.1 Å². The van der Waals surface area contributed by atoms with Gasteiger partial charge in [-0.3, -0.25) is 9.59 Å². The third kappa shape index (κ3) is 6.94. The molecule has 0 radical (unpaired) electrons. The van der Waals surface area contributed by atoms with E-state index in [2.05, 4.69) is 0 Å². The van der Waals surface area contributed by atoms with E-state index < -0.39 is 18.0 Å². The first kappa shape index (κ1) is 15.9. The molecule has 0 saturated heterocycles. The molecule has 3 atom stereocenters. The molecule has 0 rings (SSSR count). The molecule has 100 valence electrons. The maximum absolute atomic E-state index is 11.4. The number of carbonyl (C=O) groups excluding carboxylic acids is 2. The van der Waals surface area contributed by atoms with Gasteiger partial charge in [0.2, 0.25) is 0 Å². The van der Waals surface area contributed by atoms with E-state index in [0.29, 0.717) is 0 Å². The number of hydrogen-bond acceptors (Lipinski definition) is 5. The average molecular weight is 245 g/mol. The van der Waals surface area contributed by atoms with Crippen molar-refractivity contribution in [3.05, 3.63) is 0 Å². The Morgan fingerprint density at radius 2 is 1.53 bits per heavy atom. The van der Waals surface area contributed by atoms with Gasteiger partial charge in [-0.25, -0.2) is 0 Å². The fraction of sp³-hybridized carbons (Fsp3) is 0.833. The van der Waals surface area contributed by atoms with Crippen LogP contribution in [-0.4, -0.2) is 30.2 Å². The molecule has 2 N–H and O–H groups in total. The maximum atomic E-state index is 11.4. The van der Waals surface area contributed by atoms with Gasteiger partial charge in [0.1, 0.15) is 6.04 Å². The van der Waals surface area contributed by atoms with Crippen LogP contribution >= 0.6 is 0 Å². The zero-order valence-electron chi connectivity index (χ0n) is 11.1. The number of carbonyl (C=O) groups is 2. The molecule has 5 nitrogen and oxygen atoms in total. The highest BCUT2D eigenvalue weighted by Crippen LogP contribution is 2.04. The topological polar surface area (TPSA) is 78.6 Å². The molecule has 17 heavy (non-hydrogen) atoms. The van der Waals surface area contributed by atoms with Crippen LogP contribution in [0.5, 0.6) is 0 Å². The lowest BCUT2D eigenvalue weighted by Crippen LogP contribution is -2.37. The van der Waals surface area contributed by atoms with Crippen molar-refractivity contribution in [3.8, 4) is 0 Å². The zero-order valence-corrected chi connectivity index (χ0v) is 11.1. The fourth-order valence-corrected chi connectivity index (χ4v) is 0.988.